The van der Waals surface area contributed by atoms with Crippen LogP contribution in [0.2, 0.25) is 0 Å². The SMILES string of the molecule is CC1SCCN(S(=O)(=O)c2cc(CCl)n(C)c2)C1C. The smallest absolute Gasteiger partial charge is 0.244 e. The van der Waals surface area contributed by atoms with E-state index in [9.17, 15) is 8.42 Å². The molecule has 0 spiro atoms. The summed E-state index contributed by atoms with van der Waals surface area (Å²) in [7, 11) is -1.60. The lowest BCUT2D eigenvalue weighted by atomic mass is 10.2. The van der Waals surface area contributed by atoms with Gasteiger partial charge in [-0.2, -0.15) is 16.1 Å². The van der Waals surface area contributed by atoms with Gasteiger partial charge in [0.15, 0.2) is 0 Å². The van der Waals surface area contributed by atoms with E-state index in [4.69, 9.17) is 11.6 Å². The first-order valence-corrected chi connectivity index (χ1v) is 9.25. The molecule has 0 radical (unpaired) electrons. The number of nitrogens with zero attached hydrogens (tertiary/aromatic N) is 2. The van der Waals surface area contributed by atoms with Crippen LogP contribution >= 0.6 is 23.4 Å². The van der Waals surface area contributed by atoms with Crippen molar-refractivity contribution in [3.05, 3.63) is 18.0 Å². The summed E-state index contributed by atoms with van der Waals surface area (Å²) in [6.07, 6.45) is 1.65. The highest BCUT2D eigenvalue weighted by Crippen LogP contribution is 2.30. The Morgan fingerprint density at radius 1 is 1.47 bits per heavy atom. The van der Waals surface area contributed by atoms with Crippen molar-refractivity contribution >= 4 is 33.4 Å². The molecular weight excluding hydrogens is 304 g/mol. The Morgan fingerprint density at radius 2 is 2.16 bits per heavy atom. The van der Waals surface area contributed by atoms with Crippen molar-refractivity contribution < 1.29 is 8.42 Å². The number of rotatable bonds is 3. The highest BCUT2D eigenvalue weighted by atomic mass is 35.5. The van der Waals surface area contributed by atoms with Crippen molar-refractivity contribution in [3.63, 3.8) is 0 Å². The molecule has 2 rings (SSSR count). The summed E-state index contributed by atoms with van der Waals surface area (Å²) in [6.45, 7) is 4.62. The van der Waals surface area contributed by atoms with E-state index in [1.54, 1.807) is 21.1 Å². The summed E-state index contributed by atoms with van der Waals surface area (Å²) < 4.78 is 28.8. The van der Waals surface area contributed by atoms with Crippen LogP contribution in [0.3, 0.4) is 0 Å². The van der Waals surface area contributed by atoms with Gasteiger partial charge < -0.3 is 4.57 Å². The maximum Gasteiger partial charge on any atom is 0.244 e. The van der Waals surface area contributed by atoms with Crippen LogP contribution in [-0.4, -0.2) is 40.9 Å². The van der Waals surface area contributed by atoms with E-state index in [0.29, 0.717) is 22.6 Å². The Balaban J connectivity index is 2.35. The normalized spacial score (nSPS) is 25.7. The summed E-state index contributed by atoms with van der Waals surface area (Å²) in [5, 5.41) is 0.319. The van der Waals surface area contributed by atoms with E-state index in [2.05, 4.69) is 6.92 Å². The number of aromatic nitrogens is 1. The second kappa shape index (κ2) is 5.68. The molecule has 0 bridgehead atoms. The first kappa shape index (κ1) is 15.2. The molecule has 1 saturated heterocycles. The fraction of sp³-hybridized carbons (Fsp3) is 0.667. The van der Waals surface area contributed by atoms with Crippen molar-refractivity contribution in [3.8, 4) is 0 Å². The topological polar surface area (TPSA) is 42.3 Å². The minimum Gasteiger partial charge on any atom is -0.352 e. The van der Waals surface area contributed by atoms with E-state index in [1.807, 2.05) is 25.7 Å². The van der Waals surface area contributed by atoms with Crippen LogP contribution in [0.15, 0.2) is 17.2 Å². The Bertz CT molecular complexity index is 556. The second-order valence-electron chi connectivity index (χ2n) is 4.84. The maximum atomic E-state index is 12.7. The largest absolute Gasteiger partial charge is 0.352 e. The molecule has 0 N–H and O–H groups in total. The summed E-state index contributed by atoms with van der Waals surface area (Å²) in [4.78, 5) is 0.344. The lowest BCUT2D eigenvalue weighted by molar-refractivity contribution is 0.340. The molecule has 0 aliphatic carbocycles. The van der Waals surface area contributed by atoms with Gasteiger partial charge in [0.1, 0.15) is 4.90 Å². The van der Waals surface area contributed by atoms with Crippen LogP contribution in [-0.2, 0) is 23.0 Å². The van der Waals surface area contributed by atoms with E-state index in [0.717, 1.165) is 11.4 Å². The third kappa shape index (κ3) is 2.82. The lowest BCUT2D eigenvalue weighted by Gasteiger charge is -2.36. The Labute approximate surface area is 124 Å². The average molecular weight is 323 g/mol. The van der Waals surface area contributed by atoms with Gasteiger partial charge in [-0.3, -0.25) is 0 Å². The molecule has 108 valence electrons. The molecule has 7 heteroatoms. The molecule has 4 nitrogen and oxygen atoms in total. The molecule has 2 atom stereocenters. The van der Waals surface area contributed by atoms with E-state index >= 15 is 0 Å². The minimum absolute atomic E-state index is 0.0170. The first-order valence-electron chi connectivity index (χ1n) is 6.22. The highest BCUT2D eigenvalue weighted by molar-refractivity contribution is 8.00. The van der Waals surface area contributed by atoms with Crippen molar-refractivity contribution in [1.29, 1.82) is 0 Å². The molecule has 1 aromatic heterocycles. The molecule has 19 heavy (non-hydrogen) atoms. The van der Waals surface area contributed by atoms with E-state index in [1.165, 1.54) is 0 Å². The molecule has 0 aromatic carbocycles. The third-order valence-corrected chi connectivity index (χ3v) is 7.22. The number of hydrogen-bond donors (Lipinski definition) is 0. The average Bonchev–Trinajstić information content (AvgIpc) is 2.74. The predicted molar refractivity (Wildman–Crippen MR) is 80.2 cm³/mol. The van der Waals surface area contributed by atoms with Crippen LogP contribution in [0.1, 0.15) is 19.5 Å². The van der Waals surface area contributed by atoms with E-state index in [-0.39, 0.29) is 6.04 Å². The number of alkyl halides is 1. The summed E-state index contributed by atoms with van der Waals surface area (Å²) in [6, 6.07) is 1.69. The van der Waals surface area contributed by atoms with Crippen molar-refractivity contribution in [2.75, 3.05) is 12.3 Å². The fourth-order valence-corrected chi connectivity index (χ4v) is 5.59. The number of hydrogen-bond acceptors (Lipinski definition) is 3. The highest BCUT2D eigenvalue weighted by Gasteiger charge is 2.35. The van der Waals surface area contributed by atoms with Crippen molar-refractivity contribution in [1.82, 2.24) is 8.87 Å². The predicted octanol–water partition coefficient (Wildman–Crippen LogP) is 2.28. The molecule has 0 saturated carbocycles. The first-order chi connectivity index (χ1) is 8.87. The monoisotopic (exact) mass is 322 g/mol. The quantitative estimate of drug-likeness (QED) is 0.802. The van der Waals surface area contributed by atoms with Gasteiger partial charge in [0.2, 0.25) is 10.0 Å². The Kier molecular flexibility index (Phi) is 4.55. The standard InChI is InChI=1S/C12H19ClN2O2S2/c1-9-10(2)18-5-4-15(9)19(16,17)12-6-11(7-13)14(3)8-12/h6,8-10H,4-5,7H2,1-3H3. The van der Waals surface area contributed by atoms with Gasteiger partial charge >= 0.3 is 0 Å². The van der Waals surface area contributed by atoms with Crippen LogP contribution in [0.5, 0.6) is 0 Å². The third-order valence-electron chi connectivity index (χ3n) is 3.65. The minimum atomic E-state index is -3.42. The molecule has 1 aliphatic rings. The van der Waals surface area contributed by atoms with Crippen LogP contribution in [0.25, 0.3) is 0 Å². The van der Waals surface area contributed by atoms with E-state index < -0.39 is 10.0 Å². The second-order valence-corrected chi connectivity index (χ2v) is 8.49. The van der Waals surface area contributed by atoms with Crippen LogP contribution in [0.4, 0.5) is 0 Å². The number of sulfonamides is 1. The Hall–Kier alpha value is -0.170. The Morgan fingerprint density at radius 3 is 2.74 bits per heavy atom. The van der Waals surface area contributed by atoms with Gasteiger partial charge in [-0.1, -0.05) is 6.92 Å². The fourth-order valence-electron chi connectivity index (χ4n) is 2.23. The zero-order valence-corrected chi connectivity index (χ0v) is 13.7. The lowest BCUT2D eigenvalue weighted by Crippen LogP contribution is -2.47. The van der Waals surface area contributed by atoms with Gasteiger partial charge in [0, 0.05) is 42.5 Å². The summed E-state index contributed by atoms with van der Waals surface area (Å²) in [5.41, 5.74) is 0.812. The number of aryl methyl sites for hydroxylation is 1. The van der Waals surface area contributed by atoms with Gasteiger partial charge in [-0.05, 0) is 13.0 Å². The molecule has 0 amide bonds. The zero-order chi connectivity index (χ0) is 14.2. The molecule has 2 heterocycles. The molecule has 2 unspecified atom stereocenters. The van der Waals surface area contributed by atoms with Gasteiger partial charge in [-0.25, -0.2) is 8.42 Å². The van der Waals surface area contributed by atoms with Gasteiger partial charge in [-0.15, -0.1) is 11.6 Å². The van der Waals surface area contributed by atoms with Gasteiger partial charge in [0.05, 0.1) is 5.88 Å². The van der Waals surface area contributed by atoms with Crippen LogP contribution < -0.4 is 0 Å². The zero-order valence-electron chi connectivity index (χ0n) is 11.3. The summed E-state index contributed by atoms with van der Waals surface area (Å²) >= 11 is 7.62. The molecule has 1 fully saturated rings. The number of halogens is 1. The van der Waals surface area contributed by atoms with Crippen molar-refractivity contribution in [2.45, 2.75) is 35.9 Å². The van der Waals surface area contributed by atoms with Gasteiger partial charge in [0.25, 0.3) is 0 Å². The maximum absolute atomic E-state index is 12.7. The van der Waals surface area contributed by atoms with Crippen LogP contribution in [0, 0.1) is 0 Å². The summed E-state index contributed by atoms with van der Waals surface area (Å²) in [5.74, 6) is 1.16. The molecule has 1 aliphatic heterocycles. The van der Waals surface area contributed by atoms with Crippen molar-refractivity contribution in [2.24, 2.45) is 7.05 Å². The molecular formula is C12H19ClN2O2S2. The number of thioether (sulfide) groups is 1. The molecule has 1 aromatic rings.